The fourth-order valence-electron chi connectivity index (χ4n) is 1.52. The Morgan fingerprint density at radius 2 is 2.28 bits per heavy atom. The number of rotatable bonds is 3. The van der Waals surface area contributed by atoms with E-state index in [-0.39, 0.29) is 10.6 Å². The molecule has 0 amide bonds. The Labute approximate surface area is 103 Å². The van der Waals surface area contributed by atoms with Gasteiger partial charge in [-0.1, -0.05) is 0 Å². The van der Waals surface area contributed by atoms with E-state index in [0.717, 1.165) is 10.7 Å². The maximum absolute atomic E-state index is 12.9. The first kappa shape index (κ1) is 12.8. The van der Waals surface area contributed by atoms with Crippen LogP contribution in [0.25, 0.3) is 4.83 Å². The van der Waals surface area contributed by atoms with E-state index in [0.29, 0.717) is 11.3 Å². The molecule has 0 aliphatic heterocycles. The maximum atomic E-state index is 12.9. The number of nitrogens with zero attached hydrogens (tertiary/aromatic N) is 2. The Kier molecular flexibility index (Phi) is 3.03. The Balaban J connectivity index is 2.68. The average Bonchev–Trinajstić information content (AvgIpc) is 2.78. The lowest BCUT2D eigenvalue weighted by Gasteiger charge is -2.07. The number of alkyl halides is 3. The predicted molar refractivity (Wildman–Crippen MR) is 58.7 cm³/mol. The number of ether oxygens (including phenoxy) is 1. The molecule has 2 rings (SSSR count). The van der Waals surface area contributed by atoms with E-state index in [9.17, 15) is 18.0 Å². The maximum Gasteiger partial charge on any atom is 0.433 e. The summed E-state index contributed by atoms with van der Waals surface area (Å²) < 4.78 is 44.2. The summed E-state index contributed by atoms with van der Waals surface area (Å²) in [5, 5.41) is 0. The zero-order chi connectivity index (χ0) is 13.5. The highest BCUT2D eigenvalue weighted by Crippen LogP contribution is 2.38. The lowest BCUT2D eigenvalue weighted by atomic mass is 10.2. The van der Waals surface area contributed by atoms with Gasteiger partial charge in [-0.15, -0.1) is 11.3 Å². The first-order valence-electron chi connectivity index (χ1n) is 4.71. The summed E-state index contributed by atoms with van der Waals surface area (Å²) in [7, 11) is 1.24. The molecule has 0 aliphatic rings. The quantitative estimate of drug-likeness (QED) is 0.870. The molecule has 0 bridgehead atoms. The third kappa shape index (κ3) is 1.95. The molecule has 0 fully saturated rings. The standard InChI is InChI=1S/C9H8F3N3O2S/c1-17-2-4(16)5-6(9(10,11)12)15-3-14-7(13)8(15)18-5/h3H,2,13H2,1H3. The number of ketones is 1. The molecule has 98 valence electrons. The average molecular weight is 279 g/mol. The minimum Gasteiger partial charge on any atom is -0.381 e. The van der Waals surface area contributed by atoms with Crippen molar-refractivity contribution in [2.75, 3.05) is 19.5 Å². The molecule has 2 aromatic heterocycles. The highest BCUT2D eigenvalue weighted by Gasteiger charge is 2.40. The molecule has 0 unspecified atom stereocenters. The van der Waals surface area contributed by atoms with Crippen LogP contribution in [0.4, 0.5) is 19.0 Å². The molecule has 0 radical (unpaired) electrons. The van der Waals surface area contributed by atoms with Gasteiger partial charge in [0.25, 0.3) is 0 Å². The van der Waals surface area contributed by atoms with Crippen molar-refractivity contribution in [2.24, 2.45) is 0 Å². The molecule has 0 aromatic carbocycles. The van der Waals surface area contributed by atoms with Gasteiger partial charge in [-0.25, -0.2) is 4.98 Å². The summed E-state index contributed by atoms with van der Waals surface area (Å²) in [6, 6.07) is 0. The summed E-state index contributed by atoms with van der Waals surface area (Å²) in [4.78, 5) is 14.9. The number of thiazole rings is 1. The zero-order valence-electron chi connectivity index (χ0n) is 9.11. The van der Waals surface area contributed by atoms with Crippen molar-refractivity contribution < 1.29 is 22.7 Å². The molecule has 0 atom stereocenters. The van der Waals surface area contributed by atoms with E-state index in [4.69, 9.17) is 5.73 Å². The smallest absolute Gasteiger partial charge is 0.381 e. The van der Waals surface area contributed by atoms with Crippen LogP contribution in [0.1, 0.15) is 15.4 Å². The topological polar surface area (TPSA) is 69.6 Å². The third-order valence-corrected chi connectivity index (χ3v) is 3.43. The number of halogens is 3. The van der Waals surface area contributed by atoms with E-state index >= 15 is 0 Å². The van der Waals surface area contributed by atoms with Gasteiger partial charge in [0.15, 0.2) is 11.5 Å². The molecule has 18 heavy (non-hydrogen) atoms. The van der Waals surface area contributed by atoms with Gasteiger partial charge in [0, 0.05) is 7.11 Å². The number of hydrogen-bond acceptors (Lipinski definition) is 5. The number of aromatic nitrogens is 2. The third-order valence-electron chi connectivity index (χ3n) is 2.20. The van der Waals surface area contributed by atoms with Crippen LogP contribution in [0.2, 0.25) is 0 Å². The Morgan fingerprint density at radius 1 is 1.61 bits per heavy atom. The first-order chi connectivity index (χ1) is 8.36. The van der Waals surface area contributed by atoms with Crippen LogP contribution < -0.4 is 5.73 Å². The van der Waals surface area contributed by atoms with E-state index < -0.39 is 29.1 Å². The second-order valence-corrected chi connectivity index (χ2v) is 4.44. The number of anilines is 1. The van der Waals surface area contributed by atoms with Crippen LogP contribution in [0.5, 0.6) is 0 Å². The van der Waals surface area contributed by atoms with Gasteiger partial charge in [-0.05, 0) is 0 Å². The second-order valence-electron chi connectivity index (χ2n) is 3.44. The minimum atomic E-state index is -4.66. The monoisotopic (exact) mass is 279 g/mol. The van der Waals surface area contributed by atoms with Crippen LogP contribution >= 0.6 is 11.3 Å². The number of carbonyl (C=O) groups excluding carboxylic acids is 1. The number of Topliss-reactive ketones (excluding diaryl/α,β-unsaturated/α-hetero) is 1. The molecule has 0 spiro atoms. The van der Waals surface area contributed by atoms with Crippen molar-refractivity contribution in [3.05, 3.63) is 16.9 Å². The number of nitrogen functional groups attached to an aromatic ring is 1. The number of nitrogens with two attached hydrogens (primary N) is 1. The number of carbonyl (C=O) groups is 1. The van der Waals surface area contributed by atoms with Crippen molar-refractivity contribution in [1.82, 2.24) is 9.38 Å². The molecule has 2 aromatic rings. The van der Waals surface area contributed by atoms with Crippen molar-refractivity contribution >= 4 is 27.8 Å². The molecule has 0 saturated heterocycles. The molecule has 9 heteroatoms. The van der Waals surface area contributed by atoms with Crippen molar-refractivity contribution in [1.29, 1.82) is 0 Å². The molecule has 5 nitrogen and oxygen atoms in total. The van der Waals surface area contributed by atoms with Crippen molar-refractivity contribution in [3.63, 3.8) is 0 Å². The van der Waals surface area contributed by atoms with Crippen molar-refractivity contribution in [3.8, 4) is 0 Å². The predicted octanol–water partition coefficient (Wildman–Crippen LogP) is 1.83. The van der Waals surface area contributed by atoms with Crippen LogP contribution in [-0.2, 0) is 10.9 Å². The number of methoxy groups -OCH3 is 1. The summed E-state index contributed by atoms with van der Waals surface area (Å²) in [5.74, 6) is -0.778. The number of imidazole rings is 1. The zero-order valence-corrected chi connectivity index (χ0v) is 9.93. The van der Waals surface area contributed by atoms with E-state index in [1.54, 1.807) is 0 Å². The second kappa shape index (κ2) is 4.25. The van der Waals surface area contributed by atoms with Gasteiger partial charge in [0.2, 0.25) is 5.78 Å². The SMILES string of the molecule is COCC(=O)c1sc2c(N)ncn2c1C(F)(F)F. The molecule has 2 N–H and O–H groups in total. The van der Waals surface area contributed by atoms with Gasteiger partial charge in [-0.2, -0.15) is 13.2 Å². The summed E-state index contributed by atoms with van der Waals surface area (Å²) >= 11 is 0.658. The van der Waals surface area contributed by atoms with Crippen LogP contribution in [0.15, 0.2) is 6.33 Å². The van der Waals surface area contributed by atoms with Gasteiger partial charge in [-0.3, -0.25) is 9.20 Å². The van der Waals surface area contributed by atoms with E-state index in [1.807, 2.05) is 0 Å². The Bertz CT molecular complexity index is 602. The fraction of sp³-hybridized carbons (Fsp3) is 0.333. The molecule has 2 heterocycles. The minimum absolute atomic E-state index is 0.0398. The van der Waals surface area contributed by atoms with Crippen LogP contribution in [-0.4, -0.2) is 28.9 Å². The van der Waals surface area contributed by atoms with Crippen LogP contribution in [0.3, 0.4) is 0 Å². The Hall–Kier alpha value is -1.61. The Morgan fingerprint density at radius 3 is 2.83 bits per heavy atom. The first-order valence-corrected chi connectivity index (χ1v) is 5.52. The highest BCUT2D eigenvalue weighted by molar-refractivity contribution is 7.20. The lowest BCUT2D eigenvalue weighted by molar-refractivity contribution is -0.141. The highest BCUT2D eigenvalue weighted by atomic mass is 32.1. The summed E-state index contributed by atoms with van der Waals surface area (Å²) in [5.41, 5.74) is 4.38. The molecule has 0 aliphatic carbocycles. The van der Waals surface area contributed by atoms with E-state index in [2.05, 4.69) is 9.72 Å². The van der Waals surface area contributed by atoms with Gasteiger partial charge in [0.1, 0.15) is 22.6 Å². The largest absolute Gasteiger partial charge is 0.433 e. The molecular weight excluding hydrogens is 271 g/mol. The van der Waals surface area contributed by atoms with Crippen molar-refractivity contribution in [2.45, 2.75) is 6.18 Å². The van der Waals surface area contributed by atoms with E-state index in [1.165, 1.54) is 7.11 Å². The summed E-state index contributed by atoms with van der Waals surface area (Å²) in [6.07, 6.45) is -3.71. The molecule has 0 saturated carbocycles. The normalized spacial score (nSPS) is 12.2. The van der Waals surface area contributed by atoms with Crippen LogP contribution in [0, 0.1) is 0 Å². The molecular formula is C9H8F3N3O2S. The van der Waals surface area contributed by atoms with Gasteiger partial charge in [0.05, 0.1) is 0 Å². The van der Waals surface area contributed by atoms with Gasteiger partial charge >= 0.3 is 6.18 Å². The lowest BCUT2D eigenvalue weighted by Crippen LogP contribution is -2.16. The number of hydrogen-bond donors (Lipinski definition) is 1. The summed E-state index contributed by atoms with van der Waals surface area (Å²) in [6.45, 7) is -0.417. The number of fused-ring (bicyclic) bond motifs is 1. The van der Waals surface area contributed by atoms with Gasteiger partial charge < -0.3 is 10.5 Å². The fourth-order valence-corrected chi connectivity index (χ4v) is 2.59.